The second-order valence-corrected chi connectivity index (χ2v) is 4.06. The number of hydrogen-bond acceptors (Lipinski definition) is 2. The Hall–Kier alpha value is -1.64. The highest BCUT2D eigenvalue weighted by Gasteiger charge is 2.49. The number of nitrogens with zero attached hydrogens (tertiary/aromatic N) is 1. The summed E-state index contributed by atoms with van der Waals surface area (Å²) in [5.41, 5.74) is 0.649. The lowest BCUT2D eigenvalue weighted by molar-refractivity contribution is -0.132. The number of benzene rings is 1. The fourth-order valence-electron chi connectivity index (χ4n) is 2.09. The third-order valence-corrected chi connectivity index (χ3v) is 3.24. The minimum atomic E-state index is -0.995. The van der Waals surface area contributed by atoms with Crippen LogP contribution in [0.2, 0.25) is 0 Å². The molecular formula is C12H13NO2. The molecule has 1 aromatic carbocycles. The molecule has 0 N–H and O–H groups in total. The number of carbonyl (C=O) groups is 2. The Morgan fingerprint density at radius 3 is 2.53 bits per heavy atom. The average molecular weight is 203 g/mol. The van der Waals surface area contributed by atoms with Crippen molar-refractivity contribution in [2.24, 2.45) is 0 Å². The van der Waals surface area contributed by atoms with Gasteiger partial charge in [-0.3, -0.25) is 9.59 Å². The van der Waals surface area contributed by atoms with Crippen LogP contribution < -0.4 is 4.90 Å². The van der Waals surface area contributed by atoms with Gasteiger partial charge in [-0.05, 0) is 25.5 Å². The van der Waals surface area contributed by atoms with Gasteiger partial charge in [-0.1, -0.05) is 18.2 Å². The molecule has 0 spiro atoms. The summed E-state index contributed by atoms with van der Waals surface area (Å²) in [5.74, 6) is -0.250. The molecule has 3 heteroatoms. The van der Waals surface area contributed by atoms with Gasteiger partial charge in [0.05, 0.1) is 0 Å². The van der Waals surface area contributed by atoms with Crippen molar-refractivity contribution in [2.45, 2.75) is 19.3 Å². The Morgan fingerprint density at radius 1 is 1.33 bits per heavy atom. The van der Waals surface area contributed by atoms with Crippen LogP contribution in [0.25, 0.3) is 0 Å². The molecule has 0 saturated carbocycles. The number of carbonyl (C=O) groups excluding carboxylic acids is 2. The first-order valence-electron chi connectivity index (χ1n) is 4.88. The SMILES string of the molecule is CC(=O)[C@]1(C)C(=O)N(C)c2ccccc21. The first-order chi connectivity index (χ1) is 6.99. The predicted octanol–water partition coefficient (Wildman–Crippen LogP) is 1.51. The van der Waals surface area contributed by atoms with E-state index in [0.29, 0.717) is 0 Å². The summed E-state index contributed by atoms with van der Waals surface area (Å²) in [6.07, 6.45) is 0. The Bertz CT molecular complexity index is 453. The topological polar surface area (TPSA) is 37.4 Å². The molecule has 3 nitrogen and oxygen atoms in total. The maximum atomic E-state index is 12.0. The summed E-state index contributed by atoms with van der Waals surface area (Å²) in [4.78, 5) is 25.2. The van der Waals surface area contributed by atoms with Gasteiger partial charge >= 0.3 is 0 Å². The van der Waals surface area contributed by atoms with Crippen LogP contribution in [0.3, 0.4) is 0 Å². The number of ketones is 1. The molecule has 1 atom stereocenters. The number of Topliss-reactive ketones (excluding diaryl/α,β-unsaturated/α-hetero) is 1. The van der Waals surface area contributed by atoms with E-state index in [1.165, 1.54) is 6.92 Å². The van der Waals surface area contributed by atoms with E-state index in [9.17, 15) is 9.59 Å². The smallest absolute Gasteiger partial charge is 0.244 e. The number of anilines is 1. The van der Waals surface area contributed by atoms with Gasteiger partial charge in [0.15, 0.2) is 0 Å². The molecule has 15 heavy (non-hydrogen) atoms. The van der Waals surface area contributed by atoms with Crippen molar-refractivity contribution < 1.29 is 9.59 Å². The second kappa shape index (κ2) is 2.92. The Labute approximate surface area is 88.7 Å². The molecular weight excluding hydrogens is 190 g/mol. The number of likely N-dealkylation sites (N-methyl/N-ethyl adjacent to an activating group) is 1. The van der Waals surface area contributed by atoms with Crippen LogP contribution in [0.15, 0.2) is 24.3 Å². The number of rotatable bonds is 1. The molecule has 0 aromatic heterocycles. The third kappa shape index (κ3) is 1.06. The van der Waals surface area contributed by atoms with Crippen LogP contribution in [-0.2, 0) is 15.0 Å². The summed E-state index contributed by atoms with van der Waals surface area (Å²) in [5, 5.41) is 0. The molecule has 2 rings (SSSR count). The van der Waals surface area contributed by atoms with E-state index in [0.717, 1.165) is 11.3 Å². The van der Waals surface area contributed by atoms with Crippen molar-refractivity contribution in [3.63, 3.8) is 0 Å². The zero-order chi connectivity index (χ0) is 11.2. The van der Waals surface area contributed by atoms with Gasteiger partial charge in [0.2, 0.25) is 5.91 Å². The largest absolute Gasteiger partial charge is 0.314 e. The highest BCUT2D eigenvalue weighted by atomic mass is 16.2. The van der Waals surface area contributed by atoms with E-state index in [4.69, 9.17) is 0 Å². The fourth-order valence-corrected chi connectivity index (χ4v) is 2.09. The summed E-state index contributed by atoms with van der Waals surface area (Å²) >= 11 is 0. The Balaban J connectivity index is 2.71. The van der Waals surface area contributed by atoms with Gasteiger partial charge < -0.3 is 4.90 Å². The van der Waals surface area contributed by atoms with Gasteiger partial charge in [0.25, 0.3) is 0 Å². The van der Waals surface area contributed by atoms with Gasteiger partial charge in [0, 0.05) is 12.7 Å². The first kappa shape index (κ1) is 9.90. The molecule has 1 aliphatic heterocycles. The van der Waals surface area contributed by atoms with Crippen molar-refractivity contribution in [3.8, 4) is 0 Å². The Morgan fingerprint density at radius 2 is 1.93 bits per heavy atom. The zero-order valence-electron chi connectivity index (χ0n) is 9.07. The molecule has 1 aromatic rings. The second-order valence-electron chi connectivity index (χ2n) is 4.06. The molecule has 0 unspecified atom stereocenters. The van der Waals surface area contributed by atoms with Crippen molar-refractivity contribution >= 4 is 17.4 Å². The quantitative estimate of drug-likeness (QED) is 0.649. The number of fused-ring (bicyclic) bond motifs is 1. The van der Waals surface area contributed by atoms with Gasteiger partial charge in [0.1, 0.15) is 11.2 Å². The van der Waals surface area contributed by atoms with Crippen LogP contribution in [0.1, 0.15) is 19.4 Å². The molecule has 1 amide bonds. The van der Waals surface area contributed by atoms with Crippen molar-refractivity contribution in [1.82, 2.24) is 0 Å². The van der Waals surface area contributed by atoms with Gasteiger partial charge in [-0.15, -0.1) is 0 Å². The minimum absolute atomic E-state index is 0.107. The molecule has 0 aliphatic carbocycles. The van der Waals surface area contributed by atoms with E-state index in [1.807, 2.05) is 24.3 Å². The van der Waals surface area contributed by atoms with E-state index in [2.05, 4.69) is 0 Å². The number of amides is 1. The van der Waals surface area contributed by atoms with Crippen molar-refractivity contribution in [3.05, 3.63) is 29.8 Å². The standard InChI is InChI=1S/C12H13NO2/c1-8(14)12(2)9-6-4-5-7-10(9)13(3)11(12)15/h4-7H,1-3H3/t12-/m0/s1. The monoisotopic (exact) mass is 203 g/mol. The fraction of sp³-hybridized carbons (Fsp3) is 0.333. The molecule has 0 saturated heterocycles. The lowest BCUT2D eigenvalue weighted by Crippen LogP contribution is -2.41. The molecule has 0 radical (unpaired) electrons. The summed E-state index contributed by atoms with van der Waals surface area (Å²) in [6.45, 7) is 3.16. The maximum Gasteiger partial charge on any atom is 0.244 e. The average Bonchev–Trinajstić information content (AvgIpc) is 2.43. The summed E-state index contributed by atoms with van der Waals surface area (Å²) in [6, 6.07) is 7.43. The van der Waals surface area contributed by atoms with Crippen LogP contribution in [0, 0.1) is 0 Å². The maximum absolute atomic E-state index is 12.0. The Kier molecular flexibility index (Phi) is 1.93. The van der Waals surface area contributed by atoms with Crippen LogP contribution in [0.4, 0.5) is 5.69 Å². The normalized spacial score (nSPS) is 24.2. The lowest BCUT2D eigenvalue weighted by Gasteiger charge is -2.19. The molecule has 78 valence electrons. The summed E-state index contributed by atoms with van der Waals surface area (Å²) in [7, 11) is 1.70. The third-order valence-electron chi connectivity index (χ3n) is 3.24. The summed E-state index contributed by atoms with van der Waals surface area (Å²) < 4.78 is 0. The van der Waals surface area contributed by atoms with E-state index in [-0.39, 0.29) is 11.7 Å². The van der Waals surface area contributed by atoms with Crippen LogP contribution >= 0.6 is 0 Å². The van der Waals surface area contributed by atoms with Crippen LogP contribution in [-0.4, -0.2) is 18.7 Å². The molecule has 0 bridgehead atoms. The van der Waals surface area contributed by atoms with E-state index >= 15 is 0 Å². The molecule has 1 aliphatic rings. The van der Waals surface area contributed by atoms with E-state index < -0.39 is 5.41 Å². The highest BCUT2D eigenvalue weighted by Crippen LogP contribution is 2.41. The number of hydrogen-bond donors (Lipinski definition) is 0. The van der Waals surface area contributed by atoms with Crippen LogP contribution in [0.5, 0.6) is 0 Å². The zero-order valence-corrected chi connectivity index (χ0v) is 9.07. The van der Waals surface area contributed by atoms with Crippen molar-refractivity contribution in [1.29, 1.82) is 0 Å². The number of para-hydroxylation sites is 1. The van der Waals surface area contributed by atoms with Gasteiger partial charge in [-0.2, -0.15) is 0 Å². The molecule has 1 heterocycles. The molecule has 0 fully saturated rings. The predicted molar refractivity (Wildman–Crippen MR) is 57.9 cm³/mol. The van der Waals surface area contributed by atoms with Gasteiger partial charge in [-0.25, -0.2) is 0 Å². The minimum Gasteiger partial charge on any atom is -0.314 e. The van der Waals surface area contributed by atoms with E-state index in [1.54, 1.807) is 18.9 Å². The highest BCUT2D eigenvalue weighted by molar-refractivity contribution is 6.21. The lowest BCUT2D eigenvalue weighted by atomic mass is 9.80. The first-order valence-corrected chi connectivity index (χ1v) is 4.88. The van der Waals surface area contributed by atoms with Crippen molar-refractivity contribution in [2.75, 3.05) is 11.9 Å².